The molecule has 0 saturated carbocycles. The molecule has 2 aliphatic carbocycles. The third kappa shape index (κ3) is 2.82. The minimum absolute atomic E-state index is 0.0384. The van der Waals surface area contributed by atoms with Crippen molar-refractivity contribution in [1.82, 2.24) is 0 Å². The third-order valence-electron chi connectivity index (χ3n) is 4.54. The minimum atomic E-state index is 0.0384. The highest BCUT2D eigenvalue weighted by Crippen LogP contribution is 2.43. The summed E-state index contributed by atoms with van der Waals surface area (Å²) < 4.78 is 1.89. The second kappa shape index (κ2) is 6.40. The Hall–Kier alpha value is -1.97. The van der Waals surface area contributed by atoms with Crippen LogP contribution in [0.5, 0.6) is 0 Å². The summed E-state index contributed by atoms with van der Waals surface area (Å²) in [6, 6.07) is 14.2. The van der Waals surface area contributed by atoms with E-state index in [9.17, 15) is 4.79 Å². The van der Waals surface area contributed by atoms with Gasteiger partial charge in [-0.2, -0.15) is 0 Å². The molecule has 3 heteroatoms. The minimum Gasteiger partial charge on any atom is -0.289 e. The summed E-state index contributed by atoms with van der Waals surface area (Å²) in [5.74, 6) is 0.0384. The lowest BCUT2D eigenvalue weighted by molar-refractivity contribution is 0.104. The fourth-order valence-electron chi connectivity index (χ4n) is 3.37. The number of benzene rings is 2. The van der Waals surface area contributed by atoms with Crippen molar-refractivity contribution in [1.29, 1.82) is 0 Å². The van der Waals surface area contributed by atoms with Crippen molar-refractivity contribution in [3.63, 3.8) is 0 Å². The molecule has 122 valence electrons. The molecule has 2 aliphatic rings. The average Bonchev–Trinajstić information content (AvgIpc) is 2.90. The lowest BCUT2D eigenvalue weighted by Gasteiger charge is -2.14. The van der Waals surface area contributed by atoms with Gasteiger partial charge in [-0.3, -0.25) is 4.79 Å². The van der Waals surface area contributed by atoms with E-state index in [4.69, 9.17) is 0 Å². The lowest BCUT2D eigenvalue weighted by atomic mass is 9.89. The van der Waals surface area contributed by atoms with Crippen LogP contribution in [-0.2, 0) is 6.42 Å². The molecule has 0 radical (unpaired) electrons. The highest BCUT2D eigenvalue weighted by atomic mass is 79.9. The standard InChI is InChI=1S/C22H14Br2O/c1-13-6-8-15(23)9-7-14-4-2-3-5-17(14)21-18-11-10-16(24)12-19(18)22(25)20(13)21/h2-6,8-12H,1,7H2/b8-6-,15-9+. The number of Topliss-reactive ketones (excluding diaryl/α,β-unsaturated/α-hetero) is 1. The first kappa shape index (κ1) is 16.5. The molecule has 0 aromatic heterocycles. The maximum atomic E-state index is 13.1. The van der Waals surface area contributed by atoms with Crippen molar-refractivity contribution in [3.05, 3.63) is 110 Å². The van der Waals surface area contributed by atoms with Crippen LogP contribution in [0.4, 0.5) is 0 Å². The SMILES string of the molecule is C=C1/C=C\C(Br)=C/Cc2ccccc2C2=C1C(=O)c1cc(Br)ccc12. The van der Waals surface area contributed by atoms with E-state index in [0.29, 0.717) is 5.57 Å². The summed E-state index contributed by atoms with van der Waals surface area (Å²) >= 11 is 7.04. The van der Waals surface area contributed by atoms with Crippen LogP contribution in [0, 0.1) is 0 Å². The van der Waals surface area contributed by atoms with Crippen LogP contribution >= 0.6 is 31.9 Å². The van der Waals surface area contributed by atoms with Crippen LogP contribution in [-0.4, -0.2) is 5.78 Å². The van der Waals surface area contributed by atoms with Crippen molar-refractivity contribution in [2.24, 2.45) is 0 Å². The van der Waals surface area contributed by atoms with Gasteiger partial charge in [0.25, 0.3) is 0 Å². The van der Waals surface area contributed by atoms with Gasteiger partial charge >= 0.3 is 0 Å². The molecule has 1 nitrogen and oxygen atoms in total. The first-order chi connectivity index (χ1) is 12.1. The number of carbonyl (C=O) groups excluding carboxylic acids is 1. The van der Waals surface area contributed by atoms with Gasteiger partial charge in [0, 0.05) is 25.7 Å². The van der Waals surface area contributed by atoms with Crippen LogP contribution < -0.4 is 0 Å². The van der Waals surface area contributed by atoms with Crippen molar-refractivity contribution in [2.45, 2.75) is 6.42 Å². The molecule has 0 saturated heterocycles. The maximum Gasteiger partial charge on any atom is 0.194 e. The van der Waals surface area contributed by atoms with Gasteiger partial charge in [0.2, 0.25) is 0 Å². The first-order valence-electron chi connectivity index (χ1n) is 7.96. The Balaban J connectivity index is 2.06. The number of hydrogen-bond acceptors (Lipinski definition) is 1. The van der Waals surface area contributed by atoms with Gasteiger partial charge in [0.05, 0.1) is 0 Å². The van der Waals surface area contributed by atoms with E-state index in [-0.39, 0.29) is 5.78 Å². The van der Waals surface area contributed by atoms with Gasteiger partial charge in [0.1, 0.15) is 0 Å². The second-order valence-electron chi connectivity index (χ2n) is 6.08. The molecular formula is C22H14Br2O. The van der Waals surface area contributed by atoms with E-state index in [1.807, 2.05) is 42.5 Å². The molecule has 0 fully saturated rings. The molecule has 0 bridgehead atoms. The Kier molecular flexibility index (Phi) is 4.22. The van der Waals surface area contributed by atoms with E-state index in [0.717, 1.165) is 43.2 Å². The smallest absolute Gasteiger partial charge is 0.194 e. The lowest BCUT2D eigenvalue weighted by Crippen LogP contribution is -2.01. The van der Waals surface area contributed by atoms with E-state index < -0.39 is 0 Å². The Morgan fingerprint density at radius 3 is 2.52 bits per heavy atom. The number of fused-ring (bicyclic) bond motifs is 4. The maximum absolute atomic E-state index is 13.1. The van der Waals surface area contributed by atoms with Crippen LogP contribution in [0.15, 0.2) is 87.4 Å². The molecule has 0 N–H and O–H groups in total. The molecule has 0 spiro atoms. The largest absolute Gasteiger partial charge is 0.289 e. The van der Waals surface area contributed by atoms with Crippen LogP contribution in [0.1, 0.15) is 27.0 Å². The molecule has 2 aromatic carbocycles. The zero-order valence-corrected chi connectivity index (χ0v) is 16.5. The molecule has 0 aliphatic heterocycles. The Morgan fingerprint density at radius 2 is 1.68 bits per heavy atom. The number of ketones is 1. The predicted octanol–water partition coefficient (Wildman–Crippen LogP) is 6.39. The van der Waals surface area contributed by atoms with Gasteiger partial charge in [-0.05, 0) is 46.9 Å². The van der Waals surface area contributed by atoms with Crippen molar-refractivity contribution >= 4 is 43.2 Å². The summed E-state index contributed by atoms with van der Waals surface area (Å²) in [7, 11) is 0. The van der Waals surface area contributed by atoms with Gasteiger partial charge in [-0.15, -0.1) is 0 Å². The summed E-state index contributed by atoms with van der Waals surface area (Å²) in [5.41, 5.74) is 6.42. The Morgan fingerprint density at radius 1 is 0.880 bits per heavy atom. The third-order valence-corrected chi connectivity index (χ3v) is 5.62. The molecule has 0 heterocycles. The fourth-order valence-corrected chi connectivity index (χ4v) is 4.03. The molecule has 4 rings (SSSR count). The number of carbonyl (C=O) groups is 1. The van der Waals surface area contributed by atoms with E-state index in [1.165, 1.54) is 5.56 Å². The number of halogens is 2. The second-order valence-corrected chi connectivity index (χ2v) is 7.91. The van der Waals surface area contributed by atoms with Gasteiger partial charge in [0.15, 0.2) is 5.78 Å². The van der Waals surface area contributed by atoms with Crippen molar-refractivity contribution < 1.29 is 4.79 Å². The van der Waals surface area contributed by atoms with E-state index in [1.54, 1.807) is 0 Å². The zero-order chi connectivity index (χ0) is 17.6. The normalized spacial score (nSPS) is 19.7. The number of hydrogen-bond donors (Lipinski definition) is 0. The highest BCUT2D eigenvalue weighted by molar-refractivity contribution is 9.12. The van der Waals surface area contributed by atoms with Crippen LogP contribution in [0.25, 0.3) is 5.57 Å². The average molecular weight is 454 g/mol. The summed E-state index contributed by atoms with van der Waals surface area (Å²) in [6.45, 7) is 4.17. The van der Waals surface area contributed by atoms with Crippen LogP contribution in [0.3, 0.4) is 0 Å². The first-order valence-corrected chi connectivity index (χ1v) is 9.55. The van der Waals surface area contributed by atoms with Crippen molar-refractivity contribution in [3.8, 4) is 0 Å². The fraction of sp³-hybridized carbons (Fsp3) is 0.0455. The molecular weight excluding hydrogens is 440 g/mol. The molecule has 25 heavy (non-hydrogen) atoms. The van der Waals surface area contributed by atoms with Crippen molar-refractivity contribution in [2.75, 3.05) is 0 Å². The van der Waals surface area contributed by atoms with E-state index in [2.05, 4.69) is 56.6 Å². The predicted molar refractivity (Wildman–Crippen MR) is 110 cm³/mol. The summed E-state index contributed by atoms with van der Waals surface area (Å²) in [6.07, 6.45) is 6.79. The highest BCUT2D eigenvalue weighted by Gasteiger charge is 2.32. The van der Waals surface area contributed by atoms with Gasteiger partial charge < -0.3 is 0 Å². The number of rotatable bonds is 0. The van der Waals surface area contributed by atoms with Crippen LogP contribution in [0.2, 0.25) is 0 Å². The Labute approximate surface area is 163 Å². The van der Waals surface area contributed by atoms with Gasteiger partial charge in [-0.25, -0.2) is 0 Å². The zero-order valence-electron chi connectivity index (χ0n) is 13.4. The molecule has 0 amide bonds. The monoisotopic (exact) mass is 452 g/mol. The molecule has 0 atom stereocenters. The van der Waals surface area contributed by atoms with Gasteiger partial charge in [-0.1, -0.05) is 80.9 Å². The van der Waals surface area contributed by atoms with E-state index >= 15 is 0 Å². The number of allylic oxidation sites excluding steroid dienone is 6. The Bertz CT molecular complexity index is 1020. The topological polar surface area (TPSA) is 17.1 Å². The quantitative estimate of drug-likeness (QED) is 0.451. The summed E-state index contributed by atoms with van der Waals surface area (Å²) in [4.78, 5) is 13.1. The molecule has 2 aromatic rings. The summed E-state index contributed by atoms with van der Waals surface area (Å²) in [5, 5.41) is 0. The molecule has 0 unspecified atom stereocenters.